The van der Waals surface area contributed by atoms with Crippen LogP contribution < -0.4 is 5.32 Å². The van der Waals surface area contributed by atoms with E-state index in [0.29, 0.717) is 5.56 Å². The lowest BCUT2D eigenvalue weighted by molar-refractivity contribution is -0.141. The summed E-state index contributed by atoms with van der Waals surface area (Å²) in [5.41, 5.74) is 0.424. The van der Waals surface area contributed by atoms with Crippen LogP contribution in [0.4, 0.5) is 0 Å². The maximum atomic E-state index is 12.1. The highest BCUT2D eigenvalue weighted by molar-refractivity contribution is 7.17. The molecule has 0 spiro atoms. The molecule has 100 valence electrons. The van der Waals surface area contributed by atoms with Crippen LogP contribution in [0.25, 0.3) is 10.1 Å². The number of aliphatic carboxylic acids is 1. The third-order valence-electron chi connectivity index (χ3n) is 2.76. The van der Waals surface area contributed by atoms with Gasteiger partial charge in [-0.05, 0) is 13.0 Å². The van der Waals surface area contributed by atoms with Gasteiger partial charge in [-0.1, -0.05) is 18.2 Å². The summed E-state index contributed by atoms with van der Waals surface area (Å²) in [5, 5.41) is 23.1. The zero-order valence-corrected chi connectivity index (χ0v) is 11.0. The van der Waals surface area contributed by atoms with Crippen LogP contribution in [0.1, 0.15) is 17.3 Å². The van der Waals surface area contributed by atoms with E-state index in [9.17, 15) is 14.7 Å². The summed E-state index contributed by atoms with van der Waals surface area (Å²) in [7, 11) is 0. The largest absolute Gasteiger partial charge is 0.480 e. The van der Waals surface area contributed by atoms with Gasteiger partial charge in [0.15, 0.2) is 6.04 Å². The number of fused-ring (bicyclic) bond motifs is 1. The van der Waals surface area contributed by atoms with Crippen LogP contribution in [0, 0.1) is 0 Å². The zero-order chi connectivity index (χ0) is 14.0. The van der Waals surface area contributed by atoms with E-state index in [2.05, 4.69) is 5.32 Å². The molecule has 2 atom stereocenters. The van der Waals surface area contributed by atoms with Crippen LogP contribution in [0.3, 0.4) is 0 Å². The van der Waals surface area contributed by atoms with Crippen LogP contribution in [0.15, 0.2) is 29.6 Å². The van der Waals surface area contributed by atoms with E-state index in [1.54, 1.807) is 11.4 Å². The number of hydrogen-bond donors (Lipinski definition) is 3. The lowest BCUT2D eigenvalue weighted by Crippen LogP contribution is -2.47. The maximum absolute atomic E-state index is 12.1. The second kappa shape index (κ2) is 5.38. The molecule has 0 saturated carbocycles. The first-order valence-corrected chi connectivity index (χ1v) is 6.56. The molecule has 1 amide bonds. The Labute approximate surface area is 113 Å². The van der Waals surface area contributed by atoms with Crippen molar-refractivity contribution in [3.8, 4) is 0 Å². The minimum absolute atomic E-state index is 0.424. The summed E-state index contributed by atoms with van der Waals surface area (Å²) >= 11 is 1.42. The fourth-order valence-electron chi connectivity index (χ4n) is 1.76. The summed E-state index contributed by atoms with van der Waals surface area (Å²) in [6, 6.07) is 6.07. The van der Waals surface area contributed by atoms with Crippen LogP contribution in [0.5, 0.6) is 0 Å². The molecule has 5 nitrogen and oxygen atoms in total. The molecule has 1 heterocycles. The van der Waals surface area contributed by atoms with Crippen LogP contribution in [0.2, 0.25) is 0 Å². The Kier molecular flexibility index (Phi) is 3.82. The van der Waals surface area contributed by atoms with Gasteiger partial charge in [-0.15, -0.1) is 11.3 Å². The normalized spacial score (nSPS) is 14.0. The number of rotatable bonds is 4. The highest BCUT2D eigenvalue weighted by Crippen LogP contribution is 2.25. The van der Waals surface area contributed by atoms with Gasteiger partial charge >= 0.3 is 5.97 Å². The highest BCUT2D eigenvalue weighted by Gasteiger charge is 2.26. The first-order chi connectivity index (χ1) is 9.00. The number of carbonyl (C=O) groups is 2. The van der Waals surface area contributed by atoms with E-state index < -0.39 is 24.0 Å². The van der Waals surface area contributed by atoms with Gasteiger partial charge in [0.25, 0.3) is 5.91 Å². The molecule has 0 fully saturated rings. The number of thiophene rings is 1. The van der Waals surface area contributed by atoms with Gasteiger partial charge in [0, 0.05) is 15.5 Å². The van der Waals surface area contributed by atoms with Gasteiger partial charge in [0.05, 0.1) is 11.7 Å². The molecule has 19 heavy (non-hydrogen) atoms. The van der Waals surface area contributed by atoms with Crippen molar-refractivity contribution in [2.75, 3.05) is 0 Å². The topological polar surface area (TPSA) is 86.6 Å². The Morgan fingerprint density at radius 3 is 2.63 bits per heavy atom. The van der Waals surface area contributed by atoms with Crippen molar-refractivity contribution < 1.29 is 19.8 Å². The second-order valence-corrected chi connectivity index (χ2v) is 5.09. The number of carbonyl (C=O) groups excluding carboxylic acids is 1. The Bertz CT molecular complexity index is 620. The molecule has 1 aromatic carbocycles. The lowest BCUT2D eigenvalue weighted by Gasteiger charge is -2.16. The van der Waals surface area contributed by atoms with Crippen molar-refractivity contribution in [2.45, 2.75) is 19.1 Å². The SMILES string of the molecule is CC(O)C(NC(=O)c1csc2ccccc12)C(=O)O. The molecule has 0 saturated heterocycles. The minimum Gasteiger partial charge on any atom is -0.480 e. The van der Waals surface area contributed by atoms with Crippen molar-refractivity contribution in [2.24, 2.45) is 0 Å². The molecule has 0 aliphatic heterocycles. The first-order valence-electron chi connectivity index (χ1n) is 5.68. The third kappa shape index (κ3) is 2.74. The molecule has 0 radical (unpaired) electrons. The molecular formula is C13H13NO4S. The summed E-state index contributed by atoms with van der Waals surface area (Å²) in [6.07, 6.45) is -1.16. The van der Waals surface area contributed by atoms with E-state index in [-0.39, 0.29) is 0 Å². The summed E-state index contributed by atoms with van der Waals surface area (Å²) in [6.45, 7) is 1.32. The number of carboxylic acid groups (broad SMARTS) is 1. The summed E-state index contributed by atoms with van der Waals surface area (Å²) in [4.78, 5) is 23.0. The van der Waals surface area contributed by atoms with Gasteiger partial charge < -0.3 is 15.5 Å². The van der Waals surface area contributed by atoms with Gasteiger partial charge in [-0.3, -0.25) is 4.79 Å². The third-order valence-corrected chi connectivity index (χ3v) is 3.72. The van der Waals surface area contributed by atoms with E-state index in [1.807, 2.05) is 18.2 Å². The van der Waals surface area contributed by atoms with Gasteiger partial charge in [-0.25, -0.2) is 4.79 Å². The standard InChI is InChI=1S/C13H13NO4S/c1-7(15)11(13(17)18)14-12(16)9-6-19-10-5-3-2-4-8(9)10/h2-7,11,15H,1H3,(H,14,16)(H,17,18). The lowest BCUT2D eigenvalue weighted by atomic mass is 10.1. The highest BCUT2D eigenvalue weighted by atomic mass is 32.1. The molecule has 2 unspecified atom stereocenters. The first kappa shape index (κ1) is 13.5. The molecule has 2 rings (SSSR count). The number of benzene rings is 1. The van der Waals surface area contributed by atoms with E-state index in [0.717, 1.165) is 10.1 Å². The van der Waals surface area contributed by atoms with Gasteiger partial charge in [0.2, 0.25) is 0 Å². The van der Waals surface area contributed by atoms with Crippen LogP contribution >= 0.6 is 11.3 Å². The molecule has 0 bridgehead atoms. The number of aliphatic hydroxyl groups excluding tert-OH is 1. The Morgan fingerprint density at radius 1 is 1.32 bits per heavy atom. The van der Waals surface area contributed by atoms with E-state index in [1.165, 1.54) is 18.3 Å². The van der Waals surface area contributed by atoms with Gasteiger partial charge in [-0.2, -0.15) is 0 Å². The summed E-state index contributed by atoms with van der Waals surface area (Å²) in [5.74, 6) is -1.76. The number of amides is 1. The molecule has 3 N–H and O–H groups in total. The number of nitrogens with one attached hydrogen (secondary N) is 1. The maximum Gasteiger partial charge on any atom is 0.328 e. The minimum atomic E-state index is -1.31. The van der Waals surface area contributed by atoms with Crippen molar-refractivity contribution in [1.82, 2.24) is 5.32 Å². The van der Waals surface area contributed by atoms with Crippen molar-refractivity contribution in [3.05, 3.63) is 35.2 Å². The fourth-order valence-corrected chi connectivity index (χ4v) is 2.70. The second-order valence-electron chi connectivity index (χ2n) is 4.18. The number of carboxylic acids is 1. The van der Waals surface area contributed by atoms with E-state index >= 15 is 0 Å². The Balaban J connectivity index is 2.27. The molecule has 6 heteroatoms. The fraction of sp³-hybridized carbons (Fsp3) is 0.231. The monoisotopic (exact) mass is 279 g/mol. The number of hydrogen-bond acceptors (Lipinski definition) is 4. The average molecular weight is 279 g/mol. The quantitative estimate of drug-likeness (QED) is 0.791. The smallest absolute Gasteiger partial charge is 0.328 e. The molecule has 0 aliphatic rings. The zero-order valence-electron chi connectivity index (χ0n) is 10.2. The van der Waals surface area contributed by atoms with Crippen molar-refractivity contribution >= 4 is 33.3 Å². The van der Waals surface area contributed by atoms with Crippen molar-refractivity contribution in [3.63, 3.8) is 0 Å². The van der Waals surface area contributed by atoms with Crippen LogP contribution in [-0.4, -0.2) is 34.2 Å². The molecule has 2 aromatic rings. The Morgan fingerprint density at radius 2 is 2.00 bits per heavy atom. The average Bonchev–Trinajstić information content (AvgIpc) is 2.78. The predicted octanol–water partition coefficient (Wildman–Crippen LogP) is 1.47. The number of aliphatic hydroxyl groups is 1. The predicted molar refractivity (Wildman–Crippen MR) is 72.4 cm³/mol. The molecule has 1 aromatic heterocycles. The summed E-state index contributed by atoms with van der Waals surface area (Å²) < 4.78 is 0.955. The Hall–Kier alpha value is -1.92. The molecular weight excluding hydrogens is 266 g/mol. The molecule has 0 aliphatic carbocycles. The van der Waals surface area contributed by atoms with Crippen molar-refractivity contribution in [1.29, 1.82) is 0 Å². The van der Waals surface area contributed by atoms with E-state index in [4.69, 9.17) is 5.11 Å². The van der Waals surface area contributed by atoms with Crippen LogP contribution in [-0.2, 0) is 4.79 Å². The van der Waals surface area contributed by atoms with Gasteiger partial charge in [0.1, 0.15) is 0 Å².